The summed E-state index contributed by atoms with van der Waals surface area (Å²) in [5.41, 5.74) is -1.91. The maximum Gasteiger partial charge on any atom is 0.389 e. The van der Waals surface area contributed by atoms with Crippen molar-refractivity contribution in [2.45, 2.75) is 58.4 Å². The molecule has 0 bridgehead atoms. The summed E-state index contributed by atoms with van der Waals surface area (Å²) in [7, 11) is 1.32. The van der Waals surface area contributed by atoms with E-state index in [2.05, 4.69) is 10.4 Å². The van der Waals surface area contributed by atoms with Crippen molar-refractivity contribution in [3.63, 3.8) is 0 Å². The topological polar surface area (TPSA) is 104 Å². The van der Waals surface area contributed by atoms with Gasteiger partial charge in [0.15, 0.2) is 5.60 Å². The summed E-state index contributed by atoms with van der Waals surface area (Å²) in [6.45, 7) is 5.04. The second-order valence-electron chi connectivity index (χ2n) is 8.09. The van der Waals surface area contributed by atoms with E-state index in [9.17, 15) is 27.6 Å². The largest absolute Gasteiger partial charge is 0.476 e. The number of alkyl halides is 3. The van der Waals surface area contributed by atoms with Crippen LogP contribution in [0.25, 0.3) is 0 Å². The molecule has 0 atom stereocenters. The number of benzene rings is 1. The molecule has 0 aliphatic heterocycles. The van der Waals surface area contributed by atoms with Crippen LogP contribution < -0.4 is 21.3 Å². The first-order valence-corrected chi connectivity index (χ1v) is 10.8. The third kappa shape index (κ3) is 7.63. The fraction of sp³-hybridized carbons (Fsp3) is 0.545. The fourth-order valence-corrected chi connectivity index (χ4v) is 3.10. The lowest BCUT2D eigenvalue weighted by atomic mass is 10.1. The van der Waals surface area contributed by atoms with E-state index < -0.39 is 41.8 Å². The molecule has 0 spiro atoms. The number of nitrogens with zero attached hydrogens (tertiary/aromatic N) is 3. The van der Waals surface area contributed by atoms with Crippen molar-refractivity contribution >= 4 is 11.8 Å². The normalized spacial score (nSPS) is 11.9. The van der Waals surface area contributed by atoms with E-state index in [-0.39, 0.29) is 25.5 Å². The maximum absolute atomic E-state index is 12.5. The molecular weight excluding hydrogens is 457 g/mol. The monoisotopic (exact) mass is 486 g/mol. The third-order valence-electron chi connectivity index (χ3n) is 4.79. The van der Waals surface area contributed by atoms with Crippen molar-refractivity contribution in [2.24, 2.45) is 7.05 Å². The summed E-state index contributed by atoms with van der Waals surface area (Å²) < 4.78 is 49.7. The zero-order valence-corrected chi connectivity index (χ0v) is 19.6. The Morgan fingerprint density at radius 3 is 2.56 bits per heavy atom. The Balaban J connectivity index is 2.05. The number of rotatable bonds is 11. The van der Waals surface area contributed by atoms with Crippen molar-refractivity contribution in [1.29, 1.82) is 0 Å². The summed E-state index contributed by atoms with van der Waals surface area (Å²) in [6.07, 6.45) is -5.42. The number of hydrogen-bond donors (Lipinski definition) is 1. The van der Waals surface area contributed by atoms with Gasteiger partial charge in [-0.3, -0.25) is 9.36 Å². The highest BCUT2D eigenvalue weighted by molar-refractivity contribution is 5.79. The Morgan fingerprint density at radius 1 is 1.21 bits per heavy atom. The molecule has 188 valence electrons. The number of aryl methyl sites for hydroxylation is 1. The molecule has 1 heterocycles. The van der Waals surface area contributed by atoms with Gasteiger partial charge in [-0.05, 0) is 51.3 Å². The van der Waals surface area contributed by atoms with Gasteiger partial charge in [0.25, 0.3) is 5.56 Å². The zero-order valence-electron chi connectivity index (χ0n) is 19.6. The number of aromatic nitrogens is 3. The predicted molar refractivity (Wildman–Crippen MR) is 119 cm³/mol. The van der Waals surface area contributed by atoms with Gasteiger partial charge in [0.2, 0.25) is 5.82 Å². The highest BCUT2D eigenvalue weighted by Gasteiger charge is 2.31. The van der Waals surface area contributed by atoms with Crippen LogP contribution in [0.4, 0.5) is 19.0 Å². The van der Waals surface area contributed by atoms with E-state index in [1.54, 1.807) is 39.0 Å². The molecule has 0 saturated heterocycles. The zero-order chi connectivity index (χ0) is 25.5. The number of nitrogens with one attached hydrogen (secondary N) is 1. The lowest BCUT2D eigenvalue weighted by Crippen LogP contribution is -2.42. The molecule has 0 radical (unpaired) electrons. The minimum absolute atomic E-state index is 0.134. The highest BCUT2D eigenvalue weighted by Crippen LogP contribution is 2.22. The van der Waals surface area contributed by atoms with Crippen molar-refractivity contribution in [3.05, 3.63) is 50.7 Å². The first-order valence-electron chi connectivity index (χ1n) is 10.8. The molecule has 0 unspecified atom stereocenters. The maximum atomic E-state index is 12.5. The number of anilines is 1. The van der Waals surface area contributed by atoms with Crippen LogP contribution in [0.15, 0.2) is 33.9 Å². The van der Waals surface area contributed by atoms with E-state index in [1.165, 1.54) is 7.05 Å². The molecule has 12 heteroatoms. The minimum atomic E-state index is -4.37. The molecular formula is C22H29F3N4O5. The third-order valence-corrected chi connectivity index (χ3v) is 4.79. The van der Waals surface area contributed by atoms with Crippen molar-refractivity contribution < 1.29 is 27.4 Å². The number of carbonyl (C=O) groups is 1. The van der Waals surface area contributed by atoms with Gasteiger partial charge in [-0.1, -0.05) is 12.1 Å². The van der Waals surface area contributed by atoms with Gasteiger partial charge >= 0.3 is 17.8 Å². The molecule has 2 aromatic rings. The first-order chi connectivity index (χ1) is 15.8. The second kappa shape index (κ2) is 11.2. The molecule has 0 aliphatic carbocycles. The number of hydrogen-bond acceptors (Lipinski definition) is 7. The fourth-order valence-electron chi connectivity index (χ4n) is 3.10. The molecule has 0 saturated carbocycles. The van der Waals surface area contributed by atoms with Crippen LogP contribution in [0.2, 0.25) is 0 Å². The molecule has 2 rings (SSSR count). The van der Waals surface area contributed by atoms with Crippen LogP contribution in [-0.4, -0.2) is 45.2 Å². The Hall–Kier alpha value is -3.31. The molecule has 1 aromatic carbocycles. The predicted octanol–water partition coefficient (Wildman–Crippen LogP) is 2.66. The Bertz CT molecular complexity index is 1110. The first kappa shape index (κ1) is 26.9. The second-order valence-corrected chi connectivity index (χ2v) is 8.09. The molecule has 0 amide bonds. The van der Waals surface area contributed by atoms with Crippen molar-refractivity contribution in [1.82, 2.24) is 14.3 Å². The Morgan fingerprint density at radius 2 is 1.91 bits per heavy atom. The summed E-state index contributed by atoms with van der Waals surface area (Å²) in [4.78, 5) is 36.7. The average molecular weight is 486 g/mol. The summed E-state index contributed by atoms with van der Waals surface area (Å²) >= 11 is 0. The van der Waals surface area contributed by atoms with Crippen LogP contribution in [-0.2, 0) is 29.5 Å². The number of carbonyl (C=O) groups excluding carboxylic acids is 1. The van der Waals surface area contributed by atoms with E-state index >= 15 is 0 Å². The summed E-state index contributed by atoms with van der Waals surface area (Å²) in [5, 5.41) is 6.72. The van der Waals surface area contributed by atoms with E-state index in [0.717, 1.165) is 14.8 Å². The molecule has 1 aromatic heterocycles. The van der Waals surface area contributed by atoms with Gasteiger partial charge in [0.1, 0.15) is 5.75 Å². The molecule has 0 aliphatic rings. The molecule has 1 N–H and O–H groups in total. The van der Waals surface area contributed by atoms with Crippen LogP contribution in [0.5, 0.6) is 5.75 Å². The van der Waals surface area contributed by atoms with Gasteiger partial charge in [-0.15, -0.1) is 5.10 Å². The number of esters is 1. The summed E-state index contributed by atoms with van der Waals surface area (Å²) in [5.74, 6) is -0.165. The SMILES string of the molecule is CCOC(=O)C(C)(C)Oc1cccc(CCNc2nn(C)c(=O)n(CCCC(F)(F)F)c2=O)c1. The van der Waals surface area contributed by atoms with Gasteiger partial charge in [0, 0.05) is 26.6 Å². The van der Waals surface area contributed by atoms with E-state index in [1.807, 2.05) is 6.07 Å². The number of ether oxygens (including phenoxy) is 2. The highest BCUT2D eigenvalue weighted by atomic mass is 19.4. The molecule has 9 nitrogen and oxygen atoms in total. The van der Waals surface area contributed by atoms with Gasteiger partial charge in [-0.25, -0.2) is 14.3 Å². The Kier molecular flexibility index (Phi) is 8.88. The van der Waals surface area contributed by atoms with E-state index in [0.29, 0.717) is 12.2 Å². The average Bonchev–Trinajstić information content (AvgIpc) is 2.73. The van der Waals surface area contributed by atoms with Crippen molar-refractivity contribution in [2.75, 3.05) is 18.5 Å². The Labute approximate surface area is 194 Å². The lowest BCUT2D eigenvalue weighted by molar-refractivity contribution is -0.158. The van der Waals surface area contributed by atoms with Crippen LogP contribution >= 0.6 is 0 Å². The lowest BCUT2D eigenvalue weighted by Gasteiger charge is -2.24. The smallest absolute Gasteiger partial charge is 0.389 e. The van der Waals surface area contributed by atoms with Gasteiger partial charge < -0.3 is 14.8 Å². The minimum Gasteiger partial charge on any atom is -0.476 e. The van der Waals surface area contributed by atoms with Crippen LogP contribution in [0.3, 0.4) is 0 Å². The number of halogens is 3. The van der Waals surface area contributed by atoms with Gasteiger partial charge in [-0.2, -0.15) is 13.2 Å². The van der Waals surface area contributed by atoms with Crippen LogP contribution in [0.1, 0.15) is 39.2 Å². The summed E-state index contributed by atoms with van der Waals surface area (Å²) in [6, 6.07) is 7.03. The van der Waals surface area contributed by atoms with Crippen molar-refractivity contribution in [3.8, 4) is 5.75 Å². The van der Waals surface area contributed by atoms with Gasteiger partial charge in [0.05, 0.1) is 6.61 Å². The standard InChI is InChI=1S/C22H29F3N4O5/c1-5-33-19(31)21(2,3)34-16-9-6-8-15(14-16)10-12-26-17-18(30)29(20(32)28(4)27-17)13-7-11-22(23,24)25/h6,8-9,14H,5,7,10-13H2,1-4H3,(H,26,27). The molecule has 0 fully saturated rings. The molecule has 34 heavy (non-hydrogen) atoms. The van der Waals surface area contributed by atoms with E-state index in [4.69, 9.17) is 9.47 Å². The van der Waals surface area contributed by atoms with Crippen LogP contribution in [0, 0.1) is 0 Å². The quantitative estimate of drug-likeness (QED) is 0.487.